The molecule has 0 aromatic rings. The summed E-state index contributed by atoms with van der Waals surface area (Å²) in [5.74, 6) is -3.38. The van der Waals surface area contributed by atoms with E-state index in [1.54, 1.807) is 0 Å². The van der Waals surface area contributed by atoms with Crippen LogP contribution in [0, 0.1) is 28.6 Å². The number of amides is 2. The minimum atomic E-state index is -1.62. The molecule has 3 fully saturated rings. The zero-order valence-corrected chi connectivity index (χ0v) is 23.2. The van der Waals surface area contributed by atoms with Gasteiger partial charge in [0.1, 0.15) is 11.6 Å². The third-order valence-electron chi connectivity index (χ3n) is 10.5. The summed E-state index contributed by atoms with van der Waals surface area (Å²) < 4.78 is 5.12. The van der Waals surface area contributed by atoms with Gasteiger partial charge in [0.05, 0.1) is 12.8 Å². The fourth-order valence-electron chi connectivity index (χ4n) is 8.25. The van der Waals surface area contributed by atoms with Crippen LogP contribution in [0.3, 0.4) is 0 Å². The highest BCUT2D eigenvalue weighted by Gasteiger charge is 2.66. The van der Waals surface area contributed by atoms with E-state index in [1.807, 2.05) is 13.0 Å². The lowest BCUT2D eigenvalue weighted by Crippen LogP contribution is -2.58. The summed E-state index contributed by atoms with van der Waals surface area (Å²) in [5.41, 5.74) is 3.95. The molecule has 220 valence electrons. The Balaban J connectivity index is 1.33. The number of aliphatic hydroxyl groups is 1. The highest BCUT2D eigenvalue weighted by Crippen LogP contribution is 2.67. The molecule has 0 aliphatic heterocycles. The zero-order chi connectivity index (χ0) is 29.5. The van der Waals surface area contributed by atoms with Gasteiger partial charge < -0.3 is 26.0 Å². The Morgan fingerprint density at radius 1 is 1.05 bits per heavy atom. The molecule has 7 atom stereocenters. The van der Waals surface area contributed by atoms with Crippen LogP contribution in [0.5, 0.6) is 0 Å². The number of ether oxygens (including phenoxy) is 1. The predicted molar refractivity (Wildman–Crippen MR) is 140 cm³/mol. The molecule has 5 N–H and O–H groups in total. The van der Waals surface area contributed by atoms with E-state index in [4.69, 9.17) is 15.6 Å². The van der Waals surface area contributed by atoms with Crippen molar-refractivity contribution >= 4 is 35.3 Å². The van der Waals surface area contributed by atoms with Crippen molar-refractivity contribution in [2.75, 3.05) is 6.61 Å². The van der Waals surface area contributed by atoms with Crippen LogP contribution in [-0.2, 0) is 33.5 Å². The van der Waals surface area contributed by atoms with E-state index in [0.717, 1.165) is 25.7 Å². The number of nitrogens with two attached hydrogens (primary N) is 1. The first-order chi connectivity index (χ1) is 18.7. The molecule has 0 spiro atoms. The Morgan fingerprint density at radius 2 is 1.75 bits per heavy atom. The van der Waals surface area contributed by atoms with Crippen molar-refractivity contribution in [2.24, 2.45) is 34.3 Å². The number of fused-ring (bicyclic) bond motifs is 5. The summed E-state index contributed by atoms with van der Waals surface area (Å²) in [7, 11) is 0. The van der Waals surface area contributed by atoms with Crippen LogP contribution in [-0.4, -0.2) is 63.8 Å². The van der Waals surface area contributed by atoms with Gasteiger partial charge in [0.2, 0.25) is 17.6 Å². The van der Waals surface area contributed by atoms with Crippen LogP contribution in [0.4, 0.5) is 0 Å². The van der Waals surface area contributed by atoms with E-state index in [2.05, 4.69) is 12.2 Å². The number of carbonyl (C=O) groups excluding carboxylic acids is 5. The number of ketones is 2. The van der Waals surface area contributed by atoms with Gasteiger partial charge in [0.15, 0.2) is 12.4 Å². The van der Waals surface area contributed by atoms with Gasteiger partial charge in [-0.2, -0.15) is 0 Å². The highest BCUT2D eigenvalue weighted by molar-refractivity contribution is 5.92. The van der Waals surface area contributed by atoms with Crippen LogP contribution in [0.2, 0.25) is 0 Å². The topological polar surface area (TPSA) is 190 Å². The first-order valence-electron chi connectivity index (χ1n) is 14.2. The molecule has 0 unspecified atom stereocenters. The maximum absolute atomic E-state index is 13.3. The molecule has 0 bridgehead atoms. The Bertz CT molecular complexity index is 1150. The summed E-state index contributed by atoms with van der Waals surface area (Å²) in [4.78, 5) is 71.8. The number of nitrogens with one attached hydrogen (secondary N) is 1. The van der Waals surface area contributed by atoms with Gasteiger partial charge >= 0.3 is 11.9 Å². The monoisotopic (exact) mass is 560 g/mol. The number of hydrogen-bond acceptors (Lipinski definition) is 8. The number of hydrogen-bond donors (Lipinski definition) is 4. The Kier molecular flexibility index (Phi) is 8.27. The predicted octanol–water partition coefficient (Wildman–Crippen LogP) is 1.59. The van der Waals surface area contributed by atoms with Gasteiger partial charge in [-0.15, -0.1) is 0 Å². The largest absolute Gasteiger partial charge is 0.480 e. The van der Waals surface area contributed by atoms with E-state index < -0.39 is 72.5 Å². The molecule has 4 rings (SSSR count). The second-order valence-electron chi connectivity index (χ2n) is 12.5. The molecule has 11 nitrogen and oxygen atoms in total. The minimum absolute atomic E-state index is 0.0188. The normalized spacial score (nSPS) is 35.3. The Morgan fingerprint density at radius 3 is 2.42 bits per heavy atom. The van der Waals surface area contributed by atoms with E-state index in [-0.39, 0.29) is 17.1 Å². The molecule has 0 aromatic heterocycles. The summed E-state index contributed by atoms with van der Waals surface area (Å²) in [6.45, 7) is 3.64. The third-order valence-corrected chi connectivity index (χ3v) is 10.5. The van der Waals surface area contributed by atoms with E-state index >= 15 is 0 Å². The molecule has 0 heterocycles. The Hall–Kier alpha value is -3.08. The molecule has 0 radical (unpaired) electrons. The van der Waals surface area contributed by atoms with Crippen molar-refractivity contribution < 1.29 is 43.7 Å². The number of carboxylic acids is 1. The van der Waals surface area contributed by atoms with E-state index in [1.165, 1.54) is 5.57 Å². The van der Waals surface area contributed by atoms with Gasteiger partial charge in [0.25, 0.3) is 0 Å². The molecule has 2 amide bonds. The number of esters is 1. The molecule has 4 aliphatic carbocycles. The van der Waals surface area contributed by atoms with Gasteiger partial charge in [-0.05, 0) is 74.2 Å². The second kappa shape index (κ2) is 11.1. The van der Waals surface area contributed by atoms with Crippen molar-refractivity contribution in [3.63, 3.8) is 0 Å². The van der Waals surface area contributed by atoms with Crippen LogP contribution in [0.15, 0.2) is 11.6 Å². The number of Topliss-reactive ketones (excluding diaryl/α,β-unsaturated/α-hetero) is 1. The number of rotatable bonds is 10. The zero-order valence-electron chi connectivity index (χ0n) is 23.2. The van der Waals surface area contributed by atoms with E-state index in [9.17, 15) is 33.9 Å². The van der Waals surface area contributed by atoms with Crippen molar-refractivity contribution in [1.82, 2.24) is 5.32 Å². The lowest BCUT2D eigenvalue weighted by Gasteiger charge is -2.58. The fraction of sp³-hybridized carbons (Fsp3) is 0.724. The molecule has 4 aliphatic rings. The number of primary amides is 1. The molecule has 0 aromatic carbocycles. The molecule has 40 heavy (non-hydrogen) atoms. The van der Waals surface area contributed by atoms with Crippen LogP contribution < -0.4 is 11.1 Å². The van der Waals surface area contributed by atoms with Crippen LogP contribution in [0.1, 0.15) is 84.5 Å². The maximum Gasteiger partial charge on any atom is 0.326 e. The number of aliphatic carboxylic acids is 1. The summed E-state index contributed by atoms with van der Waals surface area (Å²) in [6.07, 6.45) is 6.21. The van der Waals surface area contributed by atoms with Crippen molar-refractivity contribution in [2.45, 2.75) is 96.1 Å². The number of carboxylic acid groups (broad SMARTS) is 1. The standard InChI is InChI=1S/C29H40N2O9/c1-27-10-7-17(32)13-16(27)3-4-18-19(27)8-11-28(2)20(18)9-12-29(28,39)22(33)15-40-25(36)6-5-24(35)31-21(26(37)38)14-23(30)34/h13,18-21,39H,3-12,14-15H2,1-2H3,(H2,30,34)(H,31,35)(H,37,38)/t18-,19+,20-,21+,27-,28-,29-/m0/s1. The maximum atomic E-state index is 13.3. The average molecular weight is 561 g/mol. The van der Waals surface area contributed by atoms with Gasteiger partial charge in [-0.1, -0.05) is 19.4 Å². The number of allylic oxidation sites excluding steroid dienone is 1. The molecular formula is C29H40N2O9. The van der Waals surface area contributed by atoms with E-state index in [0.29, 0.717) is 37.5 Å². The highest BCUT2D eigenvalue weighted by atomic mass is 16.5. The van der Waals surface area contributed by atoms with Crippen molar-refractivity contribution in [3.05, 3.63) is 11.6 Å². The molecular weight excluding hydrogens is 520 g/mol. The SMILES string of the molecule is C[C@]12CCC(=O)C=C1CC[C@H]1[C@H]2CC[C@@]2(C)[C@H]1CC[C@]2(O)C(=O)COC(=O)CCC(=O)N[C@H](CC(N)=O)C(=O)O. The van der Waals surface area contributed by atoms with Gasteiger partial charge in [-0.3, -0.25) is 24.0 Å². The summed E-state index contributed by atoms with van der Waals surface area (Å²) >= 11 is 0. The quantitative estimate of drug-likeness (QED) is 0.287. The van der Waals surface area contributed by atoms with Crippen molar-refractivity contribution in [1.29, 1.82) is 0 Å². The van der Waals surface area contributed by atoms with Crippen LogP contribution in [0.25, 0.3) is 0 Å². The molecule has 3 saturated carbocycles. The lowest BCUT2D eigenvalue weighted by atomic mass is 9.46. The first-order valence-corrected chi connectivity index (χ1v) is 14.2. The average Bonchev–Trinajstić information content (AvgIpc) is 3.17. The molecule has 0 saturated heterocycles. The fourth-order valence-corrected chi connectivity index (χ4v) is 8.25. The summed E-state index contributed by atoms with van der Waals surface area (Å²) in [6, 6.07) is -1.50. The second-order valence-corrected chi connectivity index (χ2v) is 12.5. The first kappa shape index (κ1) is 29.9. The Labute approximate surface area is 233 Å². The van der Waals surface area contributed by atoms with Crippen LogP contribution >= 0.6 is 0 Å². The van der Waals surface area contributed by atoms with Crippen molar-refractivity contribution in [3.8, 4) is 0 Å². The smallest absolute Gasteiger partial charge is 0.326 e. The van der Waals surface area contributed by atoms with Gasteiger partial charge in [0, 0.05) is 18.3 Å². The third kappa shape index (κ3) is 5.32. The minimum Gasteiger partial charge on any atom is -0.480 e. The van der Waals surface area contributed by atoms with Gasteiger partial charge in [-0.25, -0.2) is 4.79 Å². The molecule has 11 heteroatoms. The lowest BCUT2D eigenvalue weighted by molar-refractivity contribution is -0.170. The number of carbonyl (C=O) groups is 6. The summed E-state index contributed by atoms with van der Waals surface area (Å²) in [5, 5.41) is 22.9.